The molecular weight excluding hydrogens is 398 g/mol. The molecule has 7 heteroatoms. The van der Waals surface area contributed by atoms with Crippen LogP contribution in [-0.4, -0.2) is 37.6 Å². The van der Waals surface area contributed by atoms with E-state index in [1.54, 1.807) is 19.1 Å². The highest BCUT2D eigenvalue weighted by Gasteiger charge is 2.39. The molecule has 0 aromatic heterocycles. The van der Waals surface area contributed by atoms with Crippen LogP contribution in [0, 0.1) is 18.3 Å². The number of allylic oxidation sites excluding steroid dienone is 1. The monoisotopic (exact) mass is 421 g/mol. The molecule has 0 spiro atoms. The van der Waals surface area contributed by atoms with E-state index in [9.17, 15) is 10.1 Å². The number of benzene rings is 2. The second-order valence-electron chi connectivity index (χ2n) is 7.26. The van der Waals surface area contributed by atoms with Gasteiger partial charge in [0.05, 0.1) is 43.4 Å². The first kappa shape index (κ1) is 20.2. The molecule has 2 aliphatic rings. The van der Waals surface area contributed by atoms with Crippen LogP contribution < -0.4 is 14.4 Å². The minimum absolute atomic E-state index is 0.00431. The molecule has 154 valence electrons. The van der Waals surface area contributed by atoms with E-state index in [1.165, 1.54) is 11.8 Å². The molecule has 0 N–H and O–H groups in total. The van der Waals surface area contributed by atoms with Gasteiger partial charge in [-0.2, -0.15) is 5.26 Å². The Bertz CT molecular complexity index is 1060. The fraction of sp³-hybridized carbons (Fsp3) is 0.304. The van der Waals surface area contributed by atoms with E-state index in [0.29, 0.717) is 29.6 Å². The van der Waals surface area contributed by atoms with Gasteiger partial charge in [-0.25, -0.2) is 0 Å². The number of methoxy groups -OCH3 is 2. The third-order valence-corrected chi connectivity index (χ3v) is 6.72. The molecule has 6 nitrogen and oxygen atoms in total. The number of nitriles is 1. The molecule has 1 saturated heterocycles. The molecule has 0 aliphatic carbocycles. The Morgan fingerprint density at radius 2 is 1.97 bits per heavy atom. The number of para-hydroxylation sites is 1. The maximum atomic E-state index is 13.2. The lowest BCUT2D eigenvalue weighted by atomic mass is 9.86. The molecule has 0 radical (unpaired) electrons. The smallest absolute Gasteiger partial charge is 0.229 e. The number of hydrogen-bond donors (Lipinski definition) is 0. The van der Waals surface area contributed by atoms with Crippen LogP contribution in [0.2, 0.25) is 0 Å². The number of carbonyl (C=O) groups is 1. The van der Waals surface area contributed by atoms with Gasteiger partial charge in [0.1, 0.15) is 11.5 Å². The first-order valence-corrected chi connectivity index (χ1v) is 10.7. The Balaban J connectivity index is 1.72. The van der Waals surface area contributed by atoms with Crippen molar-refractivity contribution in [1.29, 1.82) is 5.26 Å². The van der Waals surface area contributed by atoms with E-state index < -0.39 is 0 Å². The molecule has 2 aliphatic heterocycles. The van der Waals surface area contributed by atoms with Gasteiger partial charge in [0, 0.05) is 23.6 Å². The van der Waals surface area contributed by atoms with Crippen LogP contribution in [0.5, 0.6) is 11.5 Å². The minimum atomic E-state index is -0.351. The molecule has 1 atom stereocenters. The Labute approximate surface area is 180 Å². The van der Waals surface area contributed by atoms with Gasteiger partial charge in [0.2, 0.25) is 5.91 Å². The van der Waals surface area contributed by atoms with Crippen LogP contribution in [-0.2, 0) is 4.79 Å². The Morgan fingerprint density at radius 1 is 1.17 bits per heavy atom. The van der Waals surface area contributed by atoms with E-state index in [-0.39, 0.29) is 18.2 Å². The minimum Gasteiger partial charge on any atom is -0.497 e. The van der Waals surface area contributed by atoms with Crippen LogP contribution in [0.1, 0.15) is 23.5 Å². The largest absolute Gasteiger partial charge is 0.497 e. The second-order valence-corrected chi connectivity index (χ2v) is 8.19. The molecule has 2 aromatic rings. The highest BCUT2D eigenvalue weighted by atomic mass is 32.2. The number of fused-ring (bicyclic) bond motifs is 1. The van der Waals surface area contributed by atoms with Crippen LogP contribution >= 0.6 is 11.8 Å². The molecule has 1 fully saturated rings. The summed E-state index contributed by atoms with van der Waals surface area (Å²) in [6.07, 6.45) is 0.220. The number of amides is 1. The number of anilines is 1. The molecule has 0 saturated carbocycles. The van der Waals surface area contributed by atoms with Crippen molar-refractivity contribution in [2.75, 3.05) is 31.7 Å². The standard InChI is InChI=1S/C23H23N3O3S/c1-15-6-4-5-7-20(15)25-13-26-22(27)11-17(19(12-24)23(26)30-14-25)18-10-16(28-2)8-9-21(18)29-3/h4-10,17H,11,13-14H2,1-3H3. The molecule has 1 amide bonds. The van der Waals surface area contributed by atoms with Crippen molar-refractivity contribution in [3.63, 3.8) is 0 Å². The van der Waals surface area contributed by atoms with Gasteiger partial charge in [0.15, 0.2) is 0 Å². The summed E-state index contributed by atoms with van der Waals surface area (Å²) in [5, 5.41) is 10.8. The highest BCUT2D eigenvalue weighted by Crippen LogP contribution is 2.46. The normalized spacial score (nSPS) is 18.7. The van der Waals surface area contributed by atoms with Crippen LogP contribution in [0.4, 0.5) is 5.69 Å². The quantitative estimate of drug-likeness (QED) is 0.736. The topological polar surface area (TPSA) is 65.8 Å². The summed E-state index contributed by atoms with van der Waals surface area (Å²) in [5.74, 6) is 1.65. The summed E-state index contributed by atoms with van der Waals surface area (Å²) in [5.41, 5.74) is 3.67. The number of carbonyl (C=O) groups excluding carboxylic acids is 1. The number of rotatable bonds is 4. The van der Waals surface area contributed by atoms with Gasteiger partial charge in [-0.15, -0.1) is 0 Å². The molecule has 30 heavy (non-hydrogen) atoms. The Hall–Kier alpha value is -3.11. The van der Waals surface area contributed by atoms with E-state index in [4.69, 9.17) is 9.47 Å². The summed E-state index contributed by atoms with van der Waals surface area (Å²) < 4.78 is 10.9. The fourth-order valence-corrected chi connectivity index (χ4v) is 5.17. The zero-order valence-corrected chi connectivity index (χ0v) is 18.0. The number of aryl methyl sites for hydroxylation is 1. The zero-order valence-electron chi connectivity index (χ0n) is 17.2. The molecule has 0 bridgehead atoms. The lowest BCUT2D eigenvalue weighted by molar-refractivity contribution is -0.129. The Morgan fingerprint density at radius 3 is 2.67 bits per heavy atom. The maximum Gasteiger partial charge on any atom is 0.229 e. The van der Waals surface area contributed by atoms with Crippen LogP contribution in [0.15, 0.2) is 53.1 Å². The summed E-state index contributed by atoms with van der Waals surface area (Å²) in [6, 6.07) is 16.0. The van der Waals surface area contributed by atoms with Crippen molar-refractivity contribution in [1.82, 2.24) is 4.90 Å². The highest BCUT2D eigenvalue weighted by molar-refractivity contribution is 8.03. The summed E-state index contributed by atoms with van der Waals surface area (Å²) in [4.78, 5) is 17.1. The molecule has 4 rings (SSSR count). The summed E-state index contributed by atoms with van der Waals surface area (Å²) >= 11 is 1.53. The second kappa shape index (κ2) is 8.33. The predicted octanol–water partition coefficient (Wildman–Crippen LogP) is 4.23. The number of hydrogen-bond acceptors (Lipinski definition) is 6. The number of ether oxygens (including phenoxy) is 2. The third kappa shape index (κ3) is 3.48. The van der Waals surface area contributed by atoms with Crippen molar-refractivity contribution < 1.29 is 14.3 Å². The van der Waals surface area contributed by atoms with Crippen molar-refractivity contribution in [2.45, 2.75) is 19.3 Å². The van der Waals surface area contributed by atoms with Crippen LogP contribution in [0.25, 0.3) is 0 Å². The summed E-state index contributed by atoms with van der Waals surface area (Å²) in [7, 11) is 3.19. The molecule has 2 aromatic carbocycles. The molecule has 2 heterocycles. The summed E-state index contributed by atoms with van der Waals surface area (Å²) in [6.45, 7) is 2.51. The molecule has 1 unspecified atom stereocenters. The third-order valence-electron chi connectivity index (χ3n) is 5.56. The van der Waals surface area contributed by atoms with E-state index in [0.717, 1.165) is 21.8 Å². The average molecular weight is 422 g/mol. The number of thioether (sulfide) groups is 1. The van der Waals surface area contributed by atoms with Crippen molar-refractivity contribution in [2.24, 2.45) is 0 Å². The van der Waals surface area contributed by atoms with Gasteiger partial charge in [0.25, 0.3) is 0 Å². The lowest BCUT2D eigenvalue weighted by Gasteiger charge is -2.42. The van der Waals surface area contributed by atoms with E-state index in [2.05, 4.69) is 30.0 Å². The first-order chi connectivity index (χ1) is 14.6. The van der Waals surface area contributed by atoms with Crippen molar-refractivity contribution in [3.05, 3.63) is 64.2 Å². The maximum absolute atomic E-state index is 13.2. The van der Waals surface area contributed by atoms with E-state index in [1.807, 2.05) is 30.3 Å². The Kier molecular flexibility index (Phi) is 5.60. The van der Waals surface area contributed by atoms with Gasteiger partial charge in [-0.1, -0.05) is 30.0 Å². The zero-order chi connectivity index (χ0) is 21.3. The lowest BCUT2D eigenvalue weighted by Crippen LogP contribution is -2.47. The van der Waals surface area contributed by atoms with Gasteiger partial charge in [-0.3, -0.25) is 9.69 Å². The fourth-order valence-electron chi connectivity index (χ4n) is 4.01. The van der Waals surface area contributed by atoms with E-state index >= 15 is 0 Å². The van der Waals surface area contributed by atoms with Crippen molar-refractivity contribution in [3.8, 4) is 17.6 Å². The number of nitrogens with zero attached hydrogens (tertiary/aromatic N) is 3. The van der Waals surface area contributed by atoms with Crippen molar-refractivity contribution >= 4 is 23.4 Å². The van der Waals surface area contributed by atoms with Gasteiger partial charge < -0.3 is 14.4 Å². The molecular formula is C23H23N3O3S. The predicted molar refractivity (Wildman–Crippen MR) is 117 cm³/mol. The van der Waals surface area contributed by atoms with Crippen LogP contribution in [0.3, 0.4) is 0 Å². The van der Waals surface area contributed by atoms with Gasteiger partial charge in [-0.05, 0) is 36.8 Å². The first-order valence-electron chi connectivity index (χ1n) is 9.67. The average Bonchev–Trinajstić information content (AvgIpc) is 2.78. The van der Waals surface area contributed by atoms with Gasteiger partial charge >= 0.3 is 0 Å². The SMILES string of the molecule is COc1ccc(OC)c(C2CC(=O)N3CN(c4ccccc4C)CSC3=C2C#N)c1.